The van der Waals surface area contributed by atoms with E-state index < -0.39 is 11.7 Å². The summed E-state index contributed by atoms with van der Waals surface area (Å²) in [4.78, 5) is 3.83. The van der Waals surface area contributed by atoms with Crippen LogP contribution in [0.4, 0.5) is 24.5 Å². The fourth-order valence-corrected chi connectivity index (χ4v) is 2.00. The largest absolute Gasteiger partial charge is 0.354 e. The van der Waals surface area contributed by atoms with E-state index in [0.29, 0.717) is 28.0 Å². The summed E-state index contributed by atoms with van der Waals surface area (Å²) in [5.41, 5.74) is 0.971. The lowest BCUT2D eigenvalue weighted by atomic mass is 10.3. The Balaban J connectivity index is 2.23. The van der Waals surface area contributed by atoms with Gasteiger partial charge in [0, 0.05) is 22.8 Å². The van der Waals surface area contributed by atoms with E-state index in [0.717, 1.165) is 0 Å². The molecule has 94 valence electrons. The minimum atomic E-state index is -2.50. The summed E-state index contributed by atoms with van der Waals surface area (Å²) in [6, 6.07) is 9.38. The highest BCUT2D eigenvalue weighted by Gasteiger charge is 2.09. The monoisotopic (exact) mass is 270 g/mol. The van der Waals surface area contributed by atoms with Crippen LogP contribution in [-0.4, -0.2) is 10.7 Å². The third-order valence-corrected chi connectivity index (χ3v) is 2.90. The van der Waals surface area contributed by atoms with Crippen molar-refractivity contribution in [3.05, 3.63) is 48.5 Å². The van der Waals surface area contributed by atoms with E-state index >= 15 is 0 Å². The first-order valence-corrected chi connectivity index (χ1v) is 5.95. The fraction of sp³-hybridized carbons (Fsp3) is 0.0833. The van der Waals surface area contributed by atoms with Crippen molar-refractivity contribution in [2.24, 2.45) is 0 Å². The zero-order valence-corrected chi connectivity index (χ0v) is 9.92. The predicted octanol–water partition coefficient (Wildman–Crippen LogP) is 4.28. The van der Waals surface area contributed by atoms with E-state index in [1.807, 2.05) is 0 Å². The second-order valence-corrected chi connectivity index (χ2v) is 4.40. The van der Waals surface area contributed by atoms with Gasteiger partial charge in [-0.1, -0.05) is 23.9 Å². The molecule has 2 aromatic rings. The van der Waals surface area contributed by atoms with Crippen LogP contribution in [0.3, 0.4) is 0 Å². The highest BCUT2D eigenvalue weighted by Crippen LogP contribution is 2.33. The Morgan fingerprint density at radius 3 is 2.67 bits per heavy atom. The molecule has 0 fully saturated rings. The third-order valence-electron chi connectivity index (χ3n) is 2.11. The van der Waals surface area contributed by atoms with Gasteiger partial charge in [-0.05, 0) is 18.2 Å². The summed E-state index contributed by atoms with van der Waals surface area (Å²) in [5, 5.41) is 2.88. The van der Waals surface area contributed by atoms with E-state index in [9.17, 15) is 13.2 Å². The number of halogens is 3. The molecular formula is C12H9F3N2S. The molecule has 0 aliphatic heterocycles. The second kappa shape index (κ2) is 5.77. The van der Waals surface area contributed by atoms with Crippen molar-refractivity contribution >= 4 is 23.1 Å². The fourth-order valence-electron chi connectivity index (χ4n) is 1.40. The molecule has 0 radical (unpaired) electrons. The number of anilines is 2. The Morgan fingerprint density at radius 2 is 1.94 bits per heavy atom. The molecule has 0 bridgehead atoms. The average Bonchev–Trinajstić information content (AvgIpc) is 2.31. The van der Waals surface area contributed by atoms with Crippen LogP contribution in [0.25, 0.3) is 0 Å². The summed E-state index contributed by atoms with van der Waals surface area (Å²) in [5.74, 6) is -3.12. The molecule has 2 rings (SSSR count). The number of hydrogen-bond donors (Lipinski definition) is 1. The summed E-state index contributed by atoms with van der Waals surface area (Å²) in [6.45, 7) is 0. The van der Waals surface area contributed by atoms with Crippen LogP contribution in [-0.2, 0) is 0 Å². The van der Waals surface area contributed by atoms with Crippen LogP contribution in [0.15, 0.2) is 47.5 Å². The van der Waals surface area contributed by atoms with Gasteiger partial charge in [0.2, 0.25) is 5.95 Å². The van der Waals surface area contributed by atoms with Gasteiger partial charge in [0.15, 0.2) is 0 Å². The Labute approximate surface area is 106 Å². The first kappa shape index (κ1) is 12.8. The molecule has 6 heteroatoms. The van der Waals surface area contributed by atoms with E-state index in [1.165, 1.54) is 12.3 Å². The number of pyridine rings is 1. The van der Waals surface area contributed by atoms with Gasteiger partial charge in [-0.3, -0.25) is 0 Å². The van der Waals surface area contributed by atoms with Crippen LogP contribution in [0.2, 0.25) is 0 Å². The third kappa shape index (κ3) is 3.40. The molecule has 0 aliphatic rings. The maximum Gasteiger partial charge on any atom is 0.288 e. The van der Waals surface area contributed by atoms with Crippen molar-refractivity contribution in [2.45, 2.75) is 10.7 Å². The Hall–Kier alpha value is -1.69. The summed E-state index contributed by atoms with van der Waals surface area (Å²) in [6.07, 6.45) is 1.31. The quantitative estimate of drug-likeness (QED) is 0.663. The lowest BCUT2D eigenvalue weighted by molar-refractivity contribution is 0.252. The van der Waals surface area contributed by atoms with Crippen LogP contribution in [0.5, 0.6) is 0 Å². The number of thioether (sulfide) groups is 1. The van der Waals surface area contributed by atoms with Gasteiger partial charge in [0.25, 0.3) is 5.76 Å². The van der Waals surface area contributed by atoms with E-state index in [-0.39, 0.29) is 0 Å². The van der Waals surface area contributed by atoms with E-state index in [1.54, 1.807) is 30.3 Å². The Bertz CT molecular complexity index is 534. The van der Waals surface area contributed by atoms with E-state index in [4.69, 9.17) is 0 Å². The van der Waals surface area contributed by atoms with Crippen molar-refractivity contribution in [2.75, 3.05) is 5.32 Å². The number of hydrogen-bond acceptors (Lipinski definition) is 3. The maximum atomic E-state index is 12.9. The predicted molar refractivity (Wildman–Crippen MR) is 65.8 cm³/mol. The zero-order chi connectivity index (χ0) is 13.0. The van der Waals surface area contributed by atoms with Gasteiger partial charge in [-0.15, -0.1) is 0 Å². The average molecular weight is 270 g/mol. The molecule has 0 saturated carbocycles. The van der Waals surface area contributed by atoms with Crippen LogP contribution in [0.1, 0.15) is 0 Å². The molecule has 0 amide bonds. The molecule has 0 atom stereocenters. The van der Waals surface area contributed by atoms with Crippen molar-refractivity contribution in [1.82, 2.24) is 4.98 Å². The Kier molecular flexibility index (Phi) is 4.09. The van der Waals surface area contributed by atoms with Gasteiger partial charge in [0.1, 0.15) is 0 Å². The number of alkyl halides is 2. The molecule has 18 heavy (non-hydrogen) atoms. The Morgan fingerprint density at radius 1 is 1.17 bits per heavy atom. The zero-order valence-electron chi connectivity index (χ0n) is 9.11. The van der Waals surface area contributed by atoms with Crippen molar-refractivity contribution in [1.29, 1.82) is 0 Å². The minimum absolute atomic E-state index is 0.407. The van der Waals surface area contributed by atoms with Gasteiger partial charge in [0.05, 0.1) is 5.69 Å². The van der Waals surface area contributed by atoms with Crippen molar-refractivity contribution in [3.8, 4) is 0 Å². The summed E-state index contributed by atoms with van der Waals surface area (Å²) >= 11 is 0.443. The standard InChI is InChI=1S/C12H9F3N2S/c13-11-7-8(5-6-16-11)17-9-3-1-2-4-10(9)18-12(14)15/h1-7,12H,(H,16,17). The number of para-hydroxylation sites is 1. The minimum Gasteiger partial charge on any atom is -0.354 e. The summed E-state index contributed by atoms with van der Waals surface area (Å²) < 4.78 is 37.6. The molecule has 0 saturated heterocycles. The van der Waals surface area contributed by atoms with Gasteiger partial charge >= 0.3 is 0 Å². The van der Waals surface area contributed by atoms with Crippen LogP contribution in [0, 0.1) is 5.95 Å². The lowest BCUT2D eigenvalue weighted by Crippen LogP contribution is -1.95. The SMILES string of the molecule is Fc1cc(Nc2ccccc2SC(F)F)ccn1. The molecule has 0 spiro atoms. The molecule has 1 heterocycles. The number of nitrogens with zero attached hydrogens (tertiary/aromatic N) is 1. The molecule has 0 aliphatic carbocycles. The van der Waals surface area contributed by atoms with Crippen LogP contribution < -0.4 is 5.32 Å². The number of benzene rings is 1. The highest BCUT2D eigenvalue weighted by atomic mass is 32.2. The second-order valence-electron chi connectivity index (χ2n) is 3.37. The van der Waals surface area contributed by atoms with Crippen molar-refractivity contribution in [3.63, 3.8) is 0 Å². The molecular weight excluding hydrogens is 261 g/mol. The highest BCUT2D eigenvalue weighted by molar-refractivity contribution is 7.99. The van der Waals surface area contributed by atoms with Gasteiger partial charge < -0.3 is 5.32 Å². The first-order valence-electron chi connectivity index (χ1n) is 5.07. The smallest absolute Gasteiger partial charge is 0.288 e. The summed E-state index contributed by atoms with van der Waals surface area (Å²) in [7, 11) is 0. The van der Waals surface area contributed by atoms with Crippen LogP contribution >= 0.6 is 11.8 Å². The number of aromatic nitrogens is 1. The van der Waals surface area contributed by atoms with Gasteiger partial charge in [-0.25, -0.2) is 4.98 Å². The molecule has 2 nitrogen and oxygen atoms in total. The topological polar surface area (TPSA) is 24.9 Å². The van der Waals surface area contributed by atoms with Crippen molar-refractivity contribution < 1.29 is 13.2 Å². The molecule has 1 N–H and O–H groups in total. The molecule has 0 unspecified atom stereocenters. The van der Waals surface area contributed by atoms with Gasteiger partial charge in [-0.2, -0.15) is 13.2 Å². The maximum absolute atomic E-state index is 12.9. The normalized spacial score (nSPS) is 10.7. The lowest BCUT2D eigenvalue weighted by Gasteiger charge is -2.11. The number of rotatable bonds is 4. The number of nitrogens with one attached hydrogen (secondary N) is 1. The van der Waals surface area contributed by atoms with E-state index in [2.05, 4.69) is 10.3 Å². The molecule has 1 aromatic carbocycles. The first-order chi connectivity index (χ1) is 8.65. The molecule has 1 aromatic heterocycles.